The highest BCUT2D eigenvalue weighted by Crippen LogP contribution is 2.36. The first-order chi connectivity index (χ1) is 10.3. The molecule has 4 rings (SSSR count). The lowest BCUT2D eigenvalue weighted by atomic mass is 9.91. The number of morpholine rings is 1. The molecule has 0 N–H and O–H groups in total. The van der Waals surface area contributed by atoms with Crippen molar-refractivity contribution in [1.29, 1.82) is 0 Å². The number of hydrogen-bond donors (Lipinski definition) is 0. The van der Waals surface area contributed by atoms with Crippen molar-refractivity contribution in [2.45, 2.75) is 19.3 Å². The normalized spacial score (nSPS) is 18.9. The maximum Gasteiger partial charge on any atom is 0.181 e. The maximum absolute atomic E-state index is 12.3. The summed E-state index contributed by atoms with van der Waals surface area (Å²) in [5.74, 6) is 0.191. The number of aromatic nitrogens is 1. The summed E-state index contributed by atoms with van der Waals surface area (Å²) in [5.41, 5.74) is 3.98. The number of fused-ring (bicyclic) bond motifs is 2. The molecule has 2 aliphatic rings. The van der Waals surface area contributed by atoms with Crippen molar-refractivity contribution < 1.29 is 9.53 Å². The van der Waals surface area contributed by atoms with Gasteiger partial charge < -0.3 is 9.64 Å². The Kier molecular flexibility index (Phi) is 3.11. The SMILES string of the molecule is O=C1CCCc2c1nc1ccccc1c2N1CCOCC1. The van der Waals surface area contributed by atoms with E-state index in [2.05, 4.69) is 16.0 Å². The molecule has 0 saturated carbocycles. The quantitative estimate of drug-likeness (QED) is 0.806. The molecule has 0 atom stereocenters. The van der Waals surface area contributed by atoms with Gasteiger partial charge in [0.05, 0.1) is 24.4 Å². The second-order valence-electron chi connectivity index (χ2n) is 5.68. The molecule has 1 aromatic heterocycles. The van der Waals surface area contributed by atoms with Gasteiger partial charge in [0, 0.05) is 30.5 Å². The first-order valence-corrected chi connectivity index (χ1v) is 7.62. The van der Waals surface area contributed by atoms with Crippen LogP contribution in [-0.4, -0.2) is 37.1 Å². The third-order valence-electron chi connectivity index (χ3n) is 4.39. The van der Waals surface area contributed by atoms with E-state index in [1.54, 1.807) is 0 Å². The summed E-state index contributed by atoms with van der Waals surface area (Å²) in [6, 6.07) is 8.15. The molecule has 0 spiro atoms. The number of anilines is 1. The van der Waals surface area contributed by atoms with Gasteiger partial charge in [-0.3, -0.25) is 4.79 Å². The Hall–Kier alpha value is -1.94. The van der Waals surface area contributed by atoms with Gasteiger partial charge in [-0.25, -0.2) is 4.98 Å². The number of ether oxygens (including phenoxy) is 1. The Morgan fingerprint density at radius 3 is 2.76 bits per heavy atom. The zero-order chi connectivity index (χ0) is 14.2. The van der Waals surface area contributed by atoms with Gasteiger partial charge in [0.25, 0.3) is 0 Å². The first-order valence-electron chi connectivity index (χ1n) is 7.62. The predicted molar refractivity (Wildman–Crippen MR) is 82.0 cm³/mol. The zero-order valence-electron chi connectivity index (χ0n) is 12.0. The third-order valence-corrected chi connectivity index (χ3v) is 4.39. The summed E-state index contributed by atoms with van der Waals surface area (Å²) in [4.78, 5) is 19.3. The molecule has 1 aliphatic carbocycles. The van der Waals surface area contributed by atoms with Crippen LogP contribution in [0.2, 0.25) is 0 Å². The van der Waals surface area contributed by atoms with E-state index in [4.69, 9.17) is 4.74 Å². The highest BCUT2D eigenvalue weighted by atomic mass is 16.5. The van der Waals surface area contributed by atoms with E-state index in [-0.39, 0.29) is 5.78 Å². The molecular weight excluding hydrogens is 264 g/mol. The average molecular weight is 282 g/mol. The fourth-order valence-electron chi connectivity index (χ4n) is 3.39. The minimum Gasteiger partial charge on any atom is -0.378 e. The number of nitrogens with zero attached hydrogens (tertiary/aromatic N) is 2. The highest BCUT2D eigenvalue weighted by Gasteiger charge is 2.26. The van der Waals surface area contributed by atoms with Crippen molar-refractivity contribution in [1.82, 2.24) is 4.98 Å². The fourth-order valence-corrected chi connectivity index (χ4v) is 3.39. The van der Waals surface area contributed by atoms with Crippen molar-refractivity contribution in [2.24, 2.45) is 0 Å². The molecule has 1 fully saturated rings. The van der Waals surface area contributed by atoms with Gasteiger partial charge >= 0.3 is 0 Å². The maximum atomic E-state index is 12.3. The second-order valence-corrected chi connectivity index (χ2v) is 5.68. The van der Waals surface area contributed by atoms with E-state index in [1.165, 1.54) is 5.69 Å². The standard InChI is InChI=1S/C17H18N2O2/c20-15-7-3-5-13-16(15)18-14-6-2-1-4-12(14)17(13)19-8-10-21-11-9-19/h1-2,4,6H,3,5,7-11H2. The van der Waals surface area contributed by atoms with Gasteiger partial charge in [-0.2, -0.15) is 0 Å². The van der Waals surface area contributed by atoms with Crippen molar-refractivity contribution in [3.8, 4) is 0 Å². The molecule has 0 radical (unpaired) electrons. The Labute approximate surface area is 123 Å². The van der Waals surface area contributed by atoms with E-state index in [9.17, 15) is 4.79 Å². The van der Waals surface area contributed by atoms with E-state index in [1.807, 2.05) is 18.2 Å². The number of rotatable bonds is 1. The number of hydrogen-bond acceptors (Lipinski definition) is 4. The highest BCUT2D eigenvalue weighted by molar-refractivity contribution is 6.04. The van der Waals surface area contributed by atoms with E-state index in [0.29, 0.717) is 12.1 Å². The lowest BCUT2D eigenvalue weighted by molar-refractivity contribution is 0.0967. The number of carbonyl (C=O) groups excluding carboxylic acids is 1. The summed E-state index contributed by atoms with van der Waals surface area (Å²) >= 11 is 0. The molecule has 0 amide bonds. The molecule has 2 heterocycles. The fraction of sp³-hybridized carbons (Fsp3) is 0.412. The van der Waals surface area contributed by atoms with Gasteiger partial charge in [0.15, 0.2) is 5.78 Å². The minimum absolute atomic E-state index is 0.191. The Balaban J connectivity index is 1.98. The lowest BCUT2D eigenvalue weighted by Crippen LogP contribution is -2.37. The largest absolute Gasteiger partial charge is 0.378 e. The smallest absolute Gasteiger partial charge is 0.181 e. The average Bonchev–Trinajstić information content (AvgIpc) is 2.54. The van der Waals surface area contributed by atoms with Crippen molar-refractivity contribution in [3.05, 3.63) is 35.5 Å². The van der Waals surface area contributed by atoms with E-state index in [0.717, 1.165) is 55.6 Å². The number of carbonyl (C=O) groups is 1. The van der Waals surface area contributed by atoms with Crippen LogP contribution in [0.5, 0.6) is 0 Å². The summed E-state index contributed by atoms with van der Waals surface area (Å²) in [7, 11) is 0. The summed E-state index contributed by atoms with van der Waals surface area (Å²) in [6.07, 6.45) is 2.51. The zero-order valence-corrected chi connectivity index (χ0v) is 12.0. The lowest BCUT2D eigenvalue weighted by Gasteiger charge is -2.33. The Bertz CT molecular complexity index is 705. The number of pyridine rings is 1. The second kappa shape index (κ2) is 5.11. The van der Waals surface area contributed by atoms with Crippen LogP contribution in [0.4, 0.5) is 5.69 Å². The molecule has 1 aliphatic heterocycles. The molecule has 108 valence electrons. The van der Waals surface area contributed by atoms with Gasteiger partial charge in [-0.15, -0.1) is 0 Å². The van der Waals surface area contributed by atoms with Crippen LogP contribution in [0.1, 0.15) is 28.9 Å². The molecule has 0 unspecified atom stereocenters. The summed E-state index contributed by atoms with van der Waals surface area (Å²) < 4.78 is 5.47. The molecule has 1 saturated heterocycles. The van der Waals surface area contributed by atoms with Crippen LogP contribution >= 0.6 is 0 Å². The van der Waals surface area contributed by atoms with E-state index >= 15 is 0 Å². The van der Waals surface area contributed by atoms with Gasteiger partial charge in [-0.1, -0.05) is 18.2 Å². The Morgan fingerprint density at radius 1 is 1.10 bits per heavy atom. The minimum atomic E-state index is 0.191. The summed E-state index contributed by atoms with van der Waals surface area (Å²) in [6.45, 7) is 3.27. The van der Waals surface area contributed by atoms with Crippen LogP contribution in [0.25, 0.3) is 10.9 Å². The van der Waals surface area contributed by atoms with Gasteiger partial charge in [0.2, 0.25) is 0 Å². The molecule has 4 nitrogen and oxygen atoms in total. The molecule has 1 aromatic carbocycles. The van der Waals surface area contributed by atoms with E-state index < -0.39 is 0 Å². The Morgan fingerprint density at radius 2 is 1.90 bits per heavy atom. The number of ketones is 1. The number of benzene rings is 1. The van der Waals surface area contributed by atoms with Crippen molar-refractivity contribution in [2.75, 3.05) is 31.2 Å². The van der Waals surface area contributed by atoms with Gasteiger partial charge in [0.1, 0.15) is 5.69 Å². The van der Waals surface area contributed by atoms with Crippen LogP contribution < -0.4 is 4.90 Å². The topological polar surface area (TPSA) is 42.4 Å². The molecule has 4 heteroatoms. The summed E-state index contributed by atoms with van der Waals surface area (Å²) in [5, 5.41) is 1.16. The predicted octanol–water partition coefficient (Wildman–Crippen LogP) is 2.59. The molecule has 2 aromatic rings. The molecule has 0 bridgehead atoms. The van der Waals surface area contributed by atoms with Crippen LogP contribution in [0.3, 0.4) is 0 Å². The van der Waals surface area contributed by atoms with Crippen LogP contribution in [0.15, 0.2) is 24.3 Å². The first kappa shape index (κ1) is 12.8. The third kappa shape index (κ3) is 2.10. The van der Waals surface area contributed by atoms with Crippen LogP contribution in [0, 0.1) is 0 Å². The molecule has 21 heavy (non-hydrogen) atoms. The van der Waals surface area contributed by atoms with Crippen LogP contribution in [-0.2, 0) is 11.2 Å². The number of para-hydroxylation sites is 1. The van der Waals surface area contributed by atoms with Gasteiger partial charge in [-0.05, 0) is 18.9 Å². The number of Topliss-reactive ketones (excluding diaryl/α,β-unsaturated/α-hetero) is 1. The van der Waals surface area contributed by atoms with Crippen molar-refractivity contribution >= 4 is 22.4 Å². The molecular formula is C17H18N2O2. The van der Waals surface area contributed by atoms with Crippen molar-refractivity contribution in [3.63, 3.8) is 0 Å². The monoisotopic (exact) mass is 282 g/mol.